The van der Waals surface area contributed by atoms with E-state index in [-0.39, 0.29) is 12.5 Å². The Morgan fingerprint density at radius 1 is 0.867 bits per heavy atom. The molecule has 4 heteroatoms. The molecule has 0 spiro atoms. The van der Waals surface area contributed by atoms with Crippen molar-refractivity contribution in [3.8, 4) is 0 Å². The van der Waals surface area contributed by atoms with Crippen molar-refractivity contribution in [2.24, 2.45) is 5.92 Å². The fraction of sp³-hybridized carbons (Fsp3) is 0.462. The van der Waals surface area contributed by atoms with Crippen LogP contribution in [0.25, 0.3) is 0 Å². The average Bonchev–Trinajstić information content (AvgIpc) is 2.76. The predicted molar refractivity (Wildman–Crippen MR) is 120 cm³/mol. The summed E-state index contributed by atoms with van der Waals surface area (Å²) in [6.45, 7) is 11.3. The molecule has 160 valence electrons. The number of hydrogen-bond acceptors (Lipinski definition) is 3. The Balaban J connectivity index is 1.54. The van der Waals surface area contributed by atoms with Crippen LogP contribution < -0.4 is 0 Å². The van der Waals surface area contributed by atoms with Crippen molar-refractivity contribution in [1.82, 2.24) is 4.90 Å². The van der Waals surface area contributed by atoms with Gasteiger partial charge in [-0.1, -0.05) is 30.3 Å². The van der Waals surface area contributed by atoms with Crippen LogP contribution in [0.5, 0.6) is 0 Å². The molecule has 0 radical (unpaired) electrons. The van der Waals surface area contributed by atoms with Crippen molar-refractivity contribution < 1.29 is 14.3 Å². The number of carbonyl (C=O) groups excluding carboxylic acids is 2. The molecule has 1 heterocycles. The molecular weight excluding hydrogens is 374 g/mol. The predicted octanol–water partition coefficient (Wildman–Crippen LogP) is 4.87. The molecule has 0 aromatic heterocycles. The molecule has 0 aliphatic carbocycles. The molecule has 2 aromatic carbocycles. The van der Waals surface area contributed by atoms with E-state index in [4.69, 9.17) is 4.74 Å². The van der Waals surface area contributed by atoms with E-state index in [1.807, 2.05) is 38.7 Å². The van der Waals surface area contributed by atoms with E-state index in [0.29, 0.717) is 11.5 Å². The molecule has 3 rings (SSSR count). The summed E-state index contributed by atoms with van der Waals surface area (Å²) in [5.74, 6) is 0.101. The van der Waals surface area contributed by atoms with Crippen molar-refractivity contribution in [3.63, 3.8) is 0 Å². The third kappa shape index (κ3) is 4.75. The monoisotopic (exact) mass is 407 g/mol. The number of nitrogens with zero attached hydrogens (tertiary/aromatic N) is 1. The first kappa shape index (κ1) is 22.1. The summed E-state index contributed by atoms with van der Waals surface area (Å²) < 4.78 is 5.45. The van der Waals surface area contributed by atoms with Gasteiger partial charge in [-0.25, -0.2) is 4.79 Å². The van der Waals surface area contributed by atoms with Gasteiger partial charge in [0, 0.05) is 13.1 Å². The zero-order valence-electron chi connectivity index (χ0n) is 18.9. The maximum Gasteiger partial charge on any atom is 0.339 e. The first-order valence-corrected chi connectivity index (χ1v) is 10.8. The van der Waals surface area contributed by atoms with Gasteiger partial charge >= 0.3 is 5.97 Å². The van der Waals surface area contributed by atoms with Crippen LogP contribution in [0, 0.1) is 40.5 Å². The zero-order chi connectivity index (χ0) is 21.8. The van der Waals surface area contributed by atoms with E-state index in [1.54, 1.807) is 0 Å². The van der Waals surface area contributed by atoms with E-state index >= 15 is 0 Å². The number of amides is 1. The third-order valence-corrected chi connectivity index (χ3v) is 6.87. The Kier molecular flexibility index (Phi) is 6.96. The Morgan fingerprint density at radius 2 is 1.40 bits per heavy atom. The number of benzene rings is 2. The van der Waals surface area contributed by atoms with E-state index < -0.39 is 5.97 Å². The molecule has 0 N–H and O–H groups in total. The van der Waals surface area contributed by atoms with Crippen LogP contribution in [-0.2, 0) is 16.0 Å². The van der Waals surface area contributed by atoms with Crippen LogP contribution in [0.4, 0.5) is 0 Å². The normalized spacial score (nSPS) is 14.6. The van der Waals surface area contributed by atoms with Gasteiger partial charge in [-0.3, -0.25) is 4.79 Å². The lowest BCUT2D eigenvalue weighted by atomic mass is 9.89. The largest absolute Gasteiger partial charge is 0.452 e. The maximum absolute atomic E-state index is 12.8. The lowest BCUT2D eigenvalue weighted by molar-refractivity contribution is -0.135. The lowest BCUT2D eigenvalue weighted by Gasteiger charge is -2.32. The summed E-state index contributed by atoms with van der Waals surface area (Å²) in [5.41, 5.74) is 7.25. The lowest BCUT2D eigenvalue weighted by Crippen LogP contribution is -2.41. The molecule has 1 aliphatic heterocycles. The van der Waals surface area contributed by atoms with Crippen LogP contribution in [-0.4, -0.2) is 36.5 Å². The van der Waals surface area contributed by atoms with Crippen molar-refractivity contribution in [1.29, 1.82) is 0 Å². The van der Waals surface area contributed by atoms with Crippen molar-refractivity contribution in [2.45, 2.75) is 53.9 Å². The van der Waals surface area contributed by atoms with Crippen LogP contribution in [0.2, 0.25) is 0 Å². The van der Waals surface area contributed by atoms with Crippen LogP contribution in [0.15, 0.2) is 30.3 Å². The van der Waals surface area contributed by atoms with E-state index in [9.17, 15) is 9.59 Å². The molecule has 1 fully saturated rings. The summed E-state index contributed by atoms with van der Waals surface area (Å²) in [4.78, 5) is 27.2. The van der Waals surface area contributed by atoms with Gasteiger partial charge in [-0.2, -0.15) is 0 Å². The van der Waals surface area contributed by atoms with Gasteiger partial charge in [-0.15, -0.1) is 0 Å². The first-order chi connectivity index (χ1) is 14.3. The molecule has 0 atom stereocenters. The molecule has 4 nitrogen and oxygen atoms in total. The maximum atomic E-state index is 12.8. The number of likely N-dealkylation sites (tertiary alicyclic amines) is 1. The second kappa shape index (κ2) is 9.46. The molecule has 0 saturated carbocycles. The fourth-order valence-corrected chi connectivity index (χ4v) is 4.43. The standard InChI is InChI=1S/C26H33NO3/c1-17-18(2)20(4)25(21(5)19(17)3)26(29)30-16-24(28)27-13-11-23(12-14-27)15-22-9-7-6-8-10-22/h6-10,23H,11-16H2,1-5H3. The van der Waals surface area contributed by atoms with E-state index in [2.05, 4.69) is 31.2 Å². The van der Waals surface area contributed by atoms with Crippen LogP contribution >= 0.6 is 0 Å². The SMILES string of the molecule is Cc1c(C)c(C)c(C(=O)OCC(=O)N2CCC(Cc3ccccc3)CC2)c(C)c1C. The van der Waals surface area contributed by atoms with Gasteiger partial charge in [0.05, 0.1) is 5.56 Å². The van der Waals surface area contributed by atoms with E-state index in [1.165, 1.54) is 11.1 Å². The van der Waals surface area contributed by atoms with Gasteiger partial charge in [0.25, 0.3) is 5.91 Å². The Morgan fingerprint density at radius 3 is 1.97 bits per heavy atom. The minimum Gasteiger partial charge on any atom is -0.452 e. The number of ether oxygens (including phenoxy) is 1. The molecule has 0 bridgehead atoms. The van der Waals surface area contributed by atoms with Gasteiger partial charge in [0.2, 0.25) is 0 Å². The van der Waals surface area contributed by atoms with Crippen molar-refractivity contribution >= 4 is 11.9 Å². The van der Waals surface area contributed by atoms with Crippen LogP contribution in [0.3, 0.4) is 0 Å². The topological polar surface area (TPSA) is 46.6 Å². The Hall–Kier alpha value is -2.62. The zero-order valence-corrected chi connectivity index (χ0v) is 18.9. The molecule has 1 aliphatic rings. The van der Waals surface area contributed by atoms with Crippen LogP contribution in [0.1, 0.15) is 56.6 Å². The highest BCUT2D eigenvalue weighted by atomic mass is 16.5. The quantitative estimate of drug-likeness (QED) is 0.665. The summed E-state index contributed by atoms with van der Waals surface area (Å²) >= 11 is 0. The number of hydrogen-bond donors (Lipinski definition) is 0. The van der Waals surface area contributed by atoms with Gasteiger partial charge in [-0.05, 0) is 93.2 Å². The summed E-state index contributed by atoms with van der Waals surface area (Å²) in [7, 11) is 0. The molecule has 1 amide bonds. The second-order valence-electron chi connectivity index (χ2n) is 8.59. The summed E-state index contributed by atoms with van der Waals surface area (Å²) in [6.07, 6.45) is 3.04. The highest BCUT2D eigenvalue weighted by Gasteiger charge is 2.25. The molecule has 2 aromatic rings. The summed E-state index contributed by atoms with van der Waals surface area (Å²) in [6, 6.07) is 10.5. The first-order valence-electron chi connectivity index (χ1n) is 10.8. The smallest absolute Gasteiger partial charge is 0.339 e. The number of rotatable bonds is 5. The van der Waals surface area contributed by atoms with E-state index in [0.717, 1.165) is 54.6 Å². The minimum absolute atomic E-state index is 0.0997. The number of carbonyl (C=O) groups is 2. The number of piperidine rings is 1. The number of esters is 1. The highest BCUT2D eigenvalue weighted by Crippen LogP contribution is 2.27. The van der Waals surface area contributed by atoms with Crippen molar-refractivity contribution in [3.05, 3.63) is 69.3 Å². The van der Waals surface area contributed by atoms with Gasteiger partial charge < -0.3 is 9.64 Å². The minimum atomic E-state index is -0.400. The molecule has 0 unspecified atom stereocenters. The second-order valence-corrected chi connectivity index (χ2v) is 8.59. The average molecular weight is 408 g/mol. The summed E-state index contributed by atoms with van der Waals surface area (Å²) in [5, 5.41) is 0. The Bertz CT molecular complexity index is 896. The molecule has 30 heavy (non-hydrogen) atoms. The Labute approximate surface area is 180 Å². The third-order valence-electron chi connectivity index (χ3n) is 6.87. The fourth-order valence-electron chi connectivity index (χ4n) is 4.43. The van der Waals surface area contributed by atoms with Gasteiger partial charge in [0.1, 0.15) is 0 Å². The molecule has 1 saturated heterocycles. The van der Waals surface area contributed by atoms with Crippen molar-refractivity contribution in [2.75, 3.05) is 19.7 Å². The highest BCUT2D eigenvalue weighted by molar-refractivity contribution is 5.95. The molecular formula is C26H33NO3. The van der Waals surface area contributed by atoms with Gasteiger partial charge in [0.15, 0.2) is 6.61 Å².